The van der Waals surface area contributed by atoms with Gasteiger partial charge in [-0.05, 0) is 67.0 Å². The number of halogens is 2. The van der Waals surface area contributed by atoms with Gasteiger partial charge in [0.15, 0.2) is 11.5 Å². The minimum atomic E-state index is -2.90. The molecule has 1 amide bonds. The lowest BCUT2D eigenvalue weighted by Crippen LogP contribution is -2.18. The van der Waals surface area contributed by atoms with Gasteiger partial charge >= 0.3 is 6.61 Å². The van der Waals surface area contributed by atoms with Gasteiger partial charge in [-0.15, -0.1) is 0 Å². The normalized spacial score (nSPS) is 13.5. The van der Waals surface area contributed by atoms with Crippen molar-refractivity contribution >= 4 is 5.91 Å². The van der Waals surface area contributed by atoms with Crippen LogP contribution < -0.4 is 15.0 Å². The lowest BCUT2D eigenvalue weighted by atomic mass is 10.0. The van der Waals surface area contributed by atoms with Crippen molar-refractivity contribution in [3.05, 3.63) is 59.2 Å². The fraction of sp³-hybridized carbons (Fsp3) is 0.350. The molecule has 2 aromatic carbocycles. The monoisotopic (exact) mass is 377 g/mol. The number of benzene rings is 2. The average Bonchev–Trinajstić information content (AvgIpc) is 3.49. The summed E-state index contributed by atoms with van der Waals surface area (Å²) < 4.78 is 35.4. The fourth-order valence-corrected chi connectivity index (χ4v) is 2.73. The standard InChI is InChI=1S/C20H21F2NO4/c21-20(22)27-17-9-8-14(11-18(17)26-12-15-6-7-15)5-4-13-2-1-3-16(10-13)19(24)23-25/h1-3,8-11,15,20,25H,4-7,12H2,(H,23,24). The molecule has 0 unspecified atom stereocenters. The Kier molecular flexibility index (Phi) is 6.24. The molecule has 0 aromatic heterocycles. The number of nitrogens with one attached hydrogen (secondary N) is 1. The molecule has 0 bridgehead atoms. The van der Waals surface area contributed by atoms with E-state index in [2.05, 4.69) is 4.74 Å². The number of hydrogen-bond donors (Lipinski definition) is 2. The highest BCUT2D eigenvalue weighted by atomic mass is 19.3. The maximum absolute atomic E-state index is 12.6. The fourth-order valence-electron chi connectivity index (χ4n) is 2.73. The molecule has 0 aliphatic heterocycles. The molecular formula is C20H21F2NO4. The number of ether oxygens (including phenoxy) is 2. The first-order valence-electron chi connectivity index (χ1n) is 8.79. The van der Waals surface area contributed by atoms with E-state index in [1.54, 1.807) is 35.8 Å². The van der Waals surface area contributed by atoms with Crippen molar-refractivity contribution in [2.75, 3.05) is 6.61 Å². The minimum Gasteiger partial charge on any atom is -0.489 e. The molecular weight excluding hydrogens is 356 g/mol. The molecule has 2 N–H and O–H groups in total. The molecule has 0 radical (unpaired) electrons. The molecule has 1 saturated carbocycles. The van der Waals surface area contributed by atoms with Crippen molar-refractivity contribution in [1.29, 1.82) is 0 Å². The van der Waals surface area contributed by atoms with Gasteiger partial charge in [0.2, 0.25) is 0 Å². The third kappa shape index (κ3) is 5.65. The van der Waals surface area contributed by atoms with Crippen LogP contribution >= 0.6 is 0 Å². The summed E-state index contributed by atoms with van der Waals surface area (Å²) in [5, 5.41) is 8.72. The summed E-state index contributed by atoms with van der Waals surface area (Å²) >= 11 is 0. The van der Waals surface area contributed by atoms with Crippen molar-refractivity contribution in [3.63, 3.8) is 0 Å². The van der Waals surface area contributed by atoms with Crippen LogP contribution in [0.4, 0.5) is 8.78 Å². The van der Waals surface area contributed by atoms with Crippen molar-refractivity contribution < 1.29 is 28.3 Å². The second-order valence-electron chi connectivity index (χ2n) is 6.56. The zero-order valence-electron chi connectivity index (χ0n) is 14.7. The summed E-state index contributed by atoms with van der Waals surface area (Å²) in [7, 11) is 0. The van der Waals surface area contributed by atoms with Crippen LogP contribution in [0.1, 0.15) is 34.3 Å². The second-order valence-corrected chi connectivity index (χ2v) is 6.56. The Morgan fingerprint density at radius 3 is 2.52 bits per heavy atom. The van der Waals surface area contributed by atoms with Gasteiger partial charge in [-0.25, -0.2) is 5.48 Å². The first-order chi connectivity index (χ1) is 13.0. The molecule has 0 spiro atoms. The molecule has 0 saturated heterocycles. The Hall–Kier alpha value is -2.67. The average molecular weight is 377 g/mol. The van der Waals surface area contributed by atoms with E-state index in [-0.39, 0.29) is 5.75 Å². The van der Waals surface area contributed by atoms with E-state index in [0.29, 0.717) is 36.7 Å². The van der Waals surface area contributed by atoms with Crippen molar-refractivity contribution in [3.8, 4) is 11.5 Å². The van der Waals surface area contributed by atoms with Crippen LogP contribution in [0.25, 0.3) is 0 Å². The Labute approximate surface area is 155 Å². The summed E-state index contributed by atoms with van der Waals surface area (Å²) in [5.41, 5.74) is 3.81. The zero-order chi connectivity index (χ0) is 19.2. The highest BCUT2D eigenvalue weighted by Crippen LogP contribution is 2.34. The van der Waals surface area contributed by atoms with Gasteiger partial charge in [0.1, 0.15) is 0 Å². The summed E-state index contributed by atoms with van der Waals surface area (Å²) in [6.45, 7) is -2.40. The van der Waals surface area contributed by atoms with Crippen LogP contribution in [-0.4, -0.2) is 24.3 Å². The highest BCUT2D eigenvalue weighted by Gasteiger charge is 2.23. The third-order valence-electron chi connectivity index (χ3n) is 4.39. The van der Waals surface area contributed by atoms with E-state index in [1.807, 2.05) is 6.07 Å². The summed E-state index contributed by atoms with van der Waals surface area (Å²) in [5.74, 6) is 0.290. The molecule has 144 valence electrons. The predicted octanol–water partition coefficient (Wildman–Crippen LogP) is 3.98. The van der Waals surface area contributed by atoms with E-state index in [4.69, 9.17) is 9.94 Å². The third-order valence-corrected chi connectivity index (χ3v) is 4.39. The van der Waals surface area contributed by atoms with Crippen LogP contribution in [-0.2, 0) is 12.8 Å². The Bertz CT molecular complexity index is 793. The van der Waals surface area contributed by atoms with Gasteiger partial charge < -0.3 is 9.47 Å². The molecule has 27 heavy (non-hydrogen) atoms. The van der Waals surface area contributed by atoms with Crippen molar-refractivity contribution in [2.45, 2.75) is 32.3 Å². The van der Waals surface area contributed by atoms with Gasteiger partial charge in [0.05, 0.1) is 6.61 Å². The first kappa shape index (κ1) is 19.1. The number of carbonyl (C=O) groups excluding carboxylic acids is 1. The molecule has 0 atom stereocenters. The highest BCUT2D eigenvalue weighted by molar-refractivity contribution is 5.93. The maximum atomic E-state index is 12.6. The van der Waals surface area contributed by atoms with Crippen LogP contribution in [0.15, 0.2) is 42.5 Å². The Morgan fingerprint density at radius 1 is 1.11 bits per heavy atom. The minimum absolute atomic E-state index is 0.0380. The van der Waals surface area contributed by atoms with Gasteiger partial charge in [-0.2, -0.15) is 8.78 Å². The largest absolute Gasteiger partial charge is 0.489 e. The van der Waals surface area contributed by atoms with Crippen LogP contribution in [0.5, 0.6) is 11.5 Å². The van der Waals surface area contributed by atoms with Crippen molar-refractivity contribution in [1.82, 2.24) is 5.48 Å². The number of rotatable bonds is 9. The van der Waals surface area contributed by atoms with E-state index in [9.17, 15) is 13.6 Å². The number of alkyl halides is 2. The summed E-state index contributed by atoms with van der Waals surface area (Å²) in [6, 6.07) is 11.9. The van der Waals surface area contributed by atoms with Gasteiger partial charge in [0.25, 0.3) is 5.91 Å². The number of hydrogen-bond acceptors (Lipinski definition) is 4. The molecule has 5 nitrogen and oxygen atoms in total. The Morgan fingerprint density at radius 2 is 1.85 bits per heavy atom. The molecule has 0 heterocycles. The lowest BCUT2D eigenvalue weighted by Gasteiger charge is -2.14. The predicted molar refractivity (Wildman–Crippen MR) is 94.4 cm³/mol. The summed E-state index contributed by atoms with van der Waals surface area (Å²) in [4.78, 5) is 11.5. The van der Waals surface area contributed by atoms with Crippen LogP contribution in [0.2, 0.25) is 0 Å². The molecule has 7 heteroatoms. The van der Waals surface area contributed by atoms with E-state index < -0.39 is 12.5 Å². The van der Waals surface area contributed by atoms with E-state index in [0.717, 1.165) is 24.0 Å². The summed E-state index contributed by atoms with van der Waals surface area (Å²) in [6.07, 6.45) is 3.48. The number of amides is 1. The number of carbonyl (C=O) groups is 1. The second kappa shape index (κ2) is 8.81. The first-order valence-corrected chi connectivity index (χ1v) is 8.79. The molecule has 1 aliphatic carbocycles. The molecule has 2 aromatic rings. The van der Waals surface area contributed by atoms with E-state index in [1.165, 1.54) is 6.07 Å². The van der Waals surface area contributed by atoms with E-state index >= 15 is 0 Å². The SMILES string of the molecule is O=C(NO)c1cccc(CCc2ccc(OC(F)F)c(OCC3CC3)c2)c1. The molecule has 1 aliphatic rings. The number of aryl methyl sites for hydroxylation is 2. The van der Waals surface area contributed by atoms with Crippen LogP contribution in [0.3, 0.4) is 0 Å². The smallest absolute Gasteiger partial charge is 0.387 e. The lowest BCUT2D eigenvalue weighted by molar-refractivity contribution is -0.0515. The van der Waals surface area contributed by atoms with Gasteiger partial charge in [0, 0.05) is 5.56 Å². The van der Waals surface area contributed by atoms with Gasteiger partial charge in [-0.1, -0.05) is 18.2 Å². The Balaban J connectivity index is 1.68. The van der Waals surface area contributed by atoms with Crippen LogP contribution in [0, 0.1) is 5.92 Å². The van der Waals surface area contributed by atoms with Crippen molar-refractivity contribution in [2.24, 2.45) is 5.92 Å². The maximum Gasteiger partial charge on any atom is 0.387 e. The topological polar surface area (TPSA) is 67.8 Å². The number of hydroxylamine groups is 1. The zero-order valence-corrected chi connectivity index (χ0v) is 14.7. The molecule has 1 fully saturated rings. The molecule has 3 rings (SSSR count). The quantitative estimate of drug-likeness (QED) is 0.512. The van der Waals surface area contributed by atoms with Gasteiger partial charge in [-0.3, -0.25) is 10.0 Å².